The maximum atomic E-state index is 15.3. The highest BCUT2D eigenvalue weighted by Crippen LogP contribution is 2.38. The number of aromatic amines is 1. The van der Waals surface area contributed by atoms with E-state index in [1.165, 1.54) is 5.39 Å². The fraction of sp³-hybridized carbons (Fsp3) is 0.364. The molecule has 1 unspecified atom stereocenters. The fourth-order valence-corrected chi connectivity index (χ4v) is 4.48. The normalized spacial score (nSPS) is 20.8. The number of anilines is 1. The molecule has 0 aliphatic carbocycles. The van der Waals surface area contributed by atoms with Gasteiger partial charge in [0.05, 0.1) is 13.2 Å². The summed E-state index contributed by atoms with van der Waals surface area (Å²) >= 11 is 0. The second kappa shape index (κ2) is 6.66. The first-order valence-corrected chi connectivity index (χ1v) is 9.60. The lowest BCUT2D eigenvalue weighted by molar-refractivity contribution is 0.122. The van der Waals surface area contributed by atoms with Crippen LogP contribution >= 0.6 is 0 Å². The number of hydrogen-bond donors (Lipinski definition) is 1. The van der Waals surface area contributed by atoms with Crippen LogP contribution in [0.4, 0.5) is 10.1 Å². The van der Waals surface area contributed by atoms with E-state index in [9.17, 15) is 0 Å². The largest absolute Gasteiger partial charge is 0.378 e. The third-order valence-corrected chi connectivity index (χ3v) is 5.79. The highest BCUT2D eigenvalue weighted by Gasteiger charge is 2.30. The number of aromatic nitrogens is 1. The number of ether oxygens (including phenoxy) is 1. The topological polar surface area (TPSA) is 31.5 Å². The van der Waals surface area contributed by atoms with Crippen molar-refractivity contribution in [3.63, 3.8) is 0 Å². The molecular formula is C22H24FN3O. The Morgan fingerprint density at radius 1 is 1.11 bits per heavy atom. The average Bonchev–Trinajstić information content (AvgIpc) is 3.12. The molecular weight excluding hydrogens is 341 g/mol. The molecule has 1 fully saturated rings. The predicted molar refractivity (Wildman–Crippen MR) is 106 cm³/mol. The molecule has 2 aromatic carbocycles. The Morgan fingerprint density at radius 2 is 1.93 bits per heavy atom. The summed E-state index contributed by atoms with van der Waals surface area (Å²) in [6, 6.07) is 14.3. The number of benzene rings is 2. The molecule has 1 aromatic heterocycles. The van der Waals surface area contributed by atoms with Gasteiger partial charge in [-0.25, -0.2) is 4.39 Å². The molecule has 27 heavy (non-hydrogen) atoms. The maximum Gasteiger partial charge on any atom is 0.129 e. The van der Waals surface area contributed by atoms with Crippen LogP contribution in [-0.2, 0) is 11.3 Å². The van der Waals surface area contributed by atoms with E-state index in [0.29, 0.717) is 13.2 Å². The number of halogens is 1. The molecule has 0 spiro atoms. The molecule has 1 atom stereocenters. The van der Waals surface area contributed by atoms with Gasteiger partial charge in [0.15, 0.2) is 0 Å². The molecule has 4 nitrogen and oxygen atoms in total. The Kier molecular flexibility index (Phi) is 4.14. The monoisotopic (exact) mass is 365 g/mol. The summed E-state index contributed by atoms with van der Waals surface area (Å²) < 4.78 is 20.8. The number of nitrogens with one attached hydrogen (secondary N) is 1. The molecule has 2 aliphatic heterocycles. The van der Waals surface area contributed by atoms with Crippen molar-refractivity contribution < 1.29 is 9.13 Å². The third kappa shape index (κ3) is 3.01. The first kappa shape index (κ1) is 16.8. The van der Waals surface area contributed by atoms with Gasteiger partial charge in [-0.3, -0.25) is 0 Å². The summed E-state index contributed by atoms with van der Waals surface area (Å²) in [4.78, 5) is 8.01. The highest BCUT2D eigenvalue weighted by molar-refractivity contribution is 5.80. The Labute approximate surface area is 158 Å². The summed E-state index contributed by atoms with van der Waals surface area (Å²) in [7, 11) is 2.11. The second-order valence-corrected chi connectivity index (χ2v) is 7.66. The van der Waals surface area contributed by atoms with Gasteiger partial charge in [0.2, 0.25) is 0 Å². The molecule has 1 N–H and O–H groups in total. The molecule has 5 heteroatoms. The quantitative estimate of drug-likeness (QED) is 0.751. The zero-order valence-electron chi connectivity index (χ0n) is 15.5. The van der Waals surface area contributed by atoms with Crippen LogP contribution < -0.4 is 4.90 Å². The minimum absolute atomic E-state index is 0.0184. The van der Waals surface area contributed by atoms with E-state index >= 15 is 4.39 Å². The molecule has 0 amide bonds. The van der Waals surface area contributed by atoms with Crippen molar-refractivity contribution in [1.82, 2.24) is 9.88 Å². The van der Waals surface area contributed by atoms with Crippen LogP contribution in [0.15, 0.2) is 42.5 Å². The van der Waals surface area contributed by atoms with Gasteiger partial charge in [-0.15, -0.1) is 0 Å². The lowest BCUT2D eigenvalue weighted by Crippen LogP contribution is -2.37. The first-order valence-electron chi connectivity index (χ1n) is 9.60. The summed E-state index contributed by atoms with van der Waals surface area (Å²) in [5.41, 5.74) is 5.10. The van der Waals surface area contributed by atoms with Crippen molar-refractivity contribution in [2.75, 3.05) is 44.8 Å². The zero-order valence-corrected chi connectivity index (χ0v) is 15.5. The Morgan fingerprint density at radius 3 is 2.74 bits per heavy atom. The molecule has 3 aromatic rings. The van der Waals surface area contributed by atoms with E-state index in [4.69, 9.17) is 4.74 Å². The first-order chi connectivity index (χ1) is 13.2. The van der Waals surface area contributed by atoms with Gasteiger partial charge >= 0.3 is 0 Å². The van der Waals surface area contributed by atoms with E-state index in [1.54, 1.807) is 6.07 Å². The minimum Gasteiger partial charge on any atom is -0.378 e. The van der Waals surface area contributed by atoms with Crippen molar-refractivity contribution >= 4 is 16.6 Å². The lowest BCUT2D eigenvalue weighted by atomic mass is 9.86. The van der Waals surface area contributed by atoms with Crippen LogP contribution in [0.25, 0.3) is 10.9 Å². The van der Waals surface area contributed by atoms with Crippen molar-refractivity contribution in [3.8, 4) is 0 Å². The fourth-order valence-electron chi connectivity index (χ4n) is 4.48. The molecule has 2 aliphatic rings. The van der Waals surface area contributed by atoms with E-state index in [2.05, 4.69) is 46.1 Å². The molecule has 0 bridgehead atoms. The Balaban J connectivity index is 1.58. The van der Waals surface area contributed by atoms with Crippen molar-refractivity contribution in [1.29, 1.82) is 0 Å². The summed E-state index contributed by atoms with van der Waals surface area (Å²) in [6.45, 7) is 4.64. The van der Waals surface area contributed by atoms with E-state index < -0.39 is 0 Å². The van der Waals surface area contributed by atoms with Gasteiger partial charge in [-0.05, 0) is 42.3 Å². The number of rotatable bonds is 2. The molecule has 1 saturated heterocycles. The molecule has 0 saturated carbocycles. The number of fused-ring (bicyclic) bond motifs is 2. The van der Waals surface area contributed by atoms with Crippen LogP contribution in [0.2, 0.25) is 0 Å². The number of hydrogen-bond acceptors (Lipinski definition) is 3. The molecule has 140 valence electrons. The van der Waals surface area contributed by atoms with E-state index in [0.717, 1.165) is 54.2 Å². The van der Waals surface area contributed by atoms with Crippen LogP contribution in [0, 0.1) is 5.82 Å². The van der Waals surface area contributed by atoms with Gasteiger partial charge in [-0.1, -0.05) is 18.2 Å². The molecule has 3 heterocycles. The number of H-pyrrole nitrogens is 1. The van der Waals surface area contributed by atoms with Crippen LogP contribution in [0.1, 0.15) is 22.7 Å². The number of para-hydroxylation sites is 1. The number of morpholine rings is 1. The van der Waals surface area contributed by atoms with Gasteiger partial charge in [0.25, 0.3) is 0 Å². The minimum atomic E-state index is -0.0919. The van der Waals surface area contributed by atoms with E-state index in [-0.39, 0.29) is 11.7 Å². The van der Waals surface area contributed by atoms with Crippen LogP contribution in [0.3, 0.4) is 0 Å². The standard InChI is InChI=1S/C22H24FN3O/c1-25-13-16-10-17(26-6-8-27-9-7-26)12-19(23)22(16)18(14-25)21-11-15-4-2-3-5-20(15)24-21/h2-5,10-12,18,24H,6-9,13-14H2,1H3. The van der Waals surface area contributed by atoms with Crippen molar-refractivity contribution in [2.45, 2.75) is 12.5 Å². The van der Waals surface area contributed by atoms with Crippen molar-refractivity contribution in [3.05, 3.63) is 65.1 Å². The molecule has 0 radical (unpaired) electrons. The van der Waals surface area contributed by atoms with E-state index in [1.807, 2.05) is 12.1 Å². The Bertz CT molecular complexity index is 944. The maximum absolute atomic E-state index is 15.3. The smallest absolute Gasteiger partial charge is 0.129 e. The average molecular weight is 365 g/mol. The van der Waals surface area contributed by atoms with Crippen LogP contribution in [0.5, 0.6) is 0 Å². The second-order valence-electron chi connectivity index (χ2n) is 7.66. The SMILES string of the molecule is CN1Cc2cc(N3CCOCC3)cc(F)c2C(c2cc3ccccc3[nH]2)C1. The molecule has 5 rings (SSSR count). The number of likely N-dealkylation sites (N-methyl/N-ethyl adjacent to an activating group) is 1. The summed E-state index contributed by atoms with van der Waals surface area (Å²) in [5, 5.41) is 1.17. The van der Waals surface area contributed by atoms with Crippen LogP contribution in [-0.4, -0.2) is 49.8 Å². The summed E-state index contributed by atoms with van der Waals surface area (Å²) in [6.07, 6.45) is 0. The third-order valence-electron chi connectivity index (χ3n) is 5.79. The van der Waals surface area contributed by atoms with Gasteiger partial charge in [0, 0.05) is 54.6 Å². The van der Waals surface area contributed by atoms with Gasteiger partial charge in [0.1, 0.15) is 5.82 Å². The predicted octanol–water partition coefficient (Wildman–Crippen LogP) is 3.72. The van der Waals surface area contributed by atoms with Crippen molar-refractivity contribution in [2.24, 2.45) is 0 Å². The lowest BCUT2D eigenvalue weighted by Gasteiger charge is -2.35. The van der Waals surface area contributed by atoms with Gasteiger partial charge in [-0.2, -0.15) is 0 Å². The Hall–Kier alpha value is -2.37. The summed E-state index contributed by atoms with van der Waals surface area (Å²) in [5.74, 6) is -0.0735. The zero-order chi connectivity index (χ0) is 18.4. The highest BCUT2D eigenvalue weighted by atomic mass is 19.1. The van der Waals surface area contributed by atoms with Gasteiger partial charge < -0.3 is 19.5 Å². The number of nitrogens with zero attached hydrogens (tertiary/aromatic N) is 2.